The average Bonchev–Trinajstić information content (AvgIpc) is 3.21. The summed E-state index contributed by atoms with van der Waals surface area (Å²) in [5, 5.41) is 0. The monoisotopic (exact) mass is 397 g/mol. The van der Waals surface area contributed by atoms with Gasteiger partial charge in [0.2, 0.25) is 0 Å². The normalized spacial score (nSPS) is 24.6. The number of aromatic nitrogens is 4. The van der Waals surface area contributed by atoms with Gasteiger partial charge in [-0.15, -0.1) is 0 Å². The van der Waals surface area contributed by atoms with Gasteiger partial charge in [0.05, 0.1) is 12.7 Å². The first-order chi connectivity index (χ1) is 13.3. The number of imidazole rings is 1. The van der Waals surface area contributed by atoms with E-state index in [1.54, 1.807) is 13.8 Å². The summed E-state index contributed by atoms with van der Waals surface area (Å²) in [6.07, 6.45) is -4.08. The number of Topliss-reactive ketones (excluding diaryl/α,β-unsaturated/α-hetero) is 1. The van der Waals surface area contributed by atoms with Gasteiger partial charge in [-0.25, -0.2) is 9.37 Å². The number of alkyl halides is 1. The third-order valence-electron chi connectivity index (χ3n) is 4.63. The number of fused-ring (bicyclic) bond motifs is 1. The highest BCUT2D eigenvalue weighted by Gasteiger charge is 2.48. The van der Waals surface area contributed by atoms with Gasteiger partial charge in [-0.05, 0) is 6.42 Å². The maximum Gasteiger partial charge on any atom is 0.312 e. The number of ether oxygens (including phenoxy) is 2. The molecule has 1 saturated heterocycles. The van der Waals surface area contributed by atoms with Crippen LogP contribution in [0, 0.1) is 6.08 Å². The van der Waals surface area contributed by atoms with Crippen LogP contribution >= 0.6 is 0 Å². The van der Waals surface area contributed by atoms with Crippen LogP contribution in [-0.2, 0) is 19.1 Å². The highest BCUT2D eigenvalue weighted by Crippen LogP contribution is 2.37. The lowest BCUT2D eigenvalue weighted by Gasteiger charge is -2.18. The number of rotatable bonds is 7. The molecule has 1 unspecified atom stereocenters. The first-order valence-corrected chi connectivity index (χ1v) is 9.01. The highest BCUT2D eigenvalue weighted by atomic mass is 19.1. The van der Waals surface area contributed by atoms with E-state index in [1.165, 1.54) is 10.9 Å². The SMILES string of the molecule is CCC(=O)CCC(=O)OC1[C@@H](CC)O[C@@H](n2cnc3c(N)nc(F)nc32)[C@H]1F. The van der Waals surface area contributed by atoms with Crippen LogP contribution in [0.15, 0.2) is 6.33 Å². The summed E-state index contributed by atoms with van der Waals surface area (Å²) in [6, 6.07) is 0. The number of esters is 1. The average molecular weight is 397 g/mol. The van der Waals surface area contributed by atoms with Gasteiger partial charge in [0.15, 0.2) is 35.5 Å². The third-order valence-corrected chi connectivity index (χ3v) is 4.63. The molecule has 11 heteroatoms. The minimum Gasteiger partial charge on any atom is -0.456 e. The van der Waals surface area contributed by atoms with E-state index < -0.39 is 36.7 Å². The number of nitrogen functional groups attached to an aromatic ring is 1. The number of nitrogens with two attached hydrogens (primary N) is 1. The zero-order valence-electron chi connectivity index (χ0n) is 15.5. The largest absolute Gasteiger partial charge is 0.456 e. The molecular weight excluding hydrogens is 376 g/mol. The summed E-state index contributed by atoms with van der Waals surface area (Å²) in [7, 11) is 0. The molecule has 4 atom stereocenters. The van der Waals surface area contributed by atoms with E-state index in [-0.39, 0.29) is 35.6 Å². The van der Waals surface area contributed by atoms with E-state index in [1.807, 2.05) is 0 Å². The predicted octanol–water partition coefficient (Wildman–Crippen LogP) is 1.86. The quantitative estimate of drug-likeness (QED) is 0.555. The smallest absolute Gasteiger partial charge is 0.312 e. The molecule has 0 aliphatic carbocycles. The molecule has 0 amide bonds. The third kappa shape index (κ3) is 3.79. The first kappa shape index (κ1) is 20.1. The number of carbonyl (C=O) groups excluding carboxylic acids is 2. The molecule has 152 valence electrons. The molecular formula is C17H21F2N5O4. The van der Waals surface area contributed by atoms with Crippen molar-refractivity contribution in [3.8, 4) is 0 Å². The van der Waals surface area contributed by atoms with Crippen LogP contribution in [0.4, 0.5) is 14.6 Å². The highest BCUT2D eigenvalue weighted by molar-refractivity contribution is 5.83. The Morgan fingerprint density at radius 1 is 1.32 bits per heavy atom. The van der Waals surface area contributed by atoms with Gasteiger partial charge in [0.1, 0.15) is 11.9 Å². The molecule has 1 aliphatic rings. The topological polar surface area (TPSA) is 122 Å². The van der Waals surface area contributed by atoms with Gasteiger partial charge in [-0.2, -0.15) is 14.4 Å². The Labute approximate surface area is 159 Å². The van der Waals surface area contributed by atoms with Crippen molar-refractivity contribution in [3.63, 3.8) is 0 Å². The molecule has 28 heavy (non-hydrogen) atoms. The fourth-order valence-corrected chi connectivity index (χ4v) is 3.11. The number of hydrogen-bond donors (Lipinski definition) is 1. The van der Waals surface area contributed by atoms with E-state index in [0.29, 0.717) is 12.8 Å². The Morgan fingerprint density at radius 2 is 2.07 bits per heavy atom. The summed E-state index contributed by atoms with van der Waals surface area (Å²) in [4.78, 5) is 34.4. The van der Waals surface area contributed by atoms with E-state index in [4.69, 9.17) is 15.2 Å². The number of anilines is 1. The fourth-order valence-electron chi connectivity index (χ4n) is 3.11. The second-order valence-corrected chi connectivity index (χ2v) is 6.47. The molecule has 2 N–H and O–H groups in total. The van der Waals surface area contributed by atoms with Crippen molar-refractivity contribution in [2.45, 2.75) is 64.1 Å². The Morgan fingerprint density at radius 3 is 2.75 bits per heavy atom. The molecule has 1 fully saturated rings. The maximum atomic E-state index is 15.1. The molecule has 0 radical (unpaired) electrons. The van der Waals surface area contributed by atoms with Gasteiger partial charge in [0, 0.05) is 12.8 Å². The lowest BCUT2D eigenvalue weighted by Crippen LogP contribution is -2.33. The fraction of sp³-hybridized carbons (Fsp3) is 0.588. The Hall–Kier alpha value is -2.69. The van der Waals surface area contributed by atoms with E-state index in [9.17, 15) is 14.0 Å². The van der Waals surface area contributed by atoms with Crippen LogP contribution in [0.1, 0.15) is 45.8 Å². The lowest BCUT2D eigenvalue weighted by atomic mass is 10.1. The van der Waals surface area contributed by atoms with Crippen LogP contribution in [0.2, 0.25) is 0 Å². The maximum absolute atomic E-state index is 15.1. The van der Waals surface area contributed by atoms with Gasteiger partial charge in [0.25, 0.3) is 0 Å². The van der Waals surface area contributed by atoms with Crippen molar-refractivity contribution in [1.82, 2.24) is 19.5 Å². The second-order valence-electron chi connectivity index (χ2n) is 6.47. The Kier molecular flexibility index (Phi) is 5.82. The standard InChI is InChI=1S/C17H21F2N5O4/c1-3-8(25)5-6-10(26)28-13-9(4-2)27-16(11(13)18)24-7-21-12-14(20)22-17(19)23-15(12)24/h7,9,11,13,16H,3-6H2,1-2H3,(H2,20,22,23)/t9-,11+,13?,16-/m1/s1. The molecule has 1 aliphatic heterocycles. The van der Waals surface area contributed by atoms with Gasteiger partial charge in [-0.1, -0.05) is 13.8 Å². The van der Waals surface area contributed by atoms with Crippen molar-refractivity contribution in [3.05, 3.63) is 12.4 Å². The van der Waals surface area contributed by atoms with E-state index in [0.717, 1.165) is 0 Å². The number of nitrogens with zero attached hydrogens (tertiary/aromatic N) is 4. The molecule has 3 heterocycles. The number of hydrogen-bond acceptors (Lipinski definition) is 8. The lowest BCUT2D eigenvalue weighted by molar-refractivity contribution is -0.154. The summed E-state index contributed by atoms with van der Waals surface area (Å²) >= 11 is 0. The van der Waals surface area contributed by atoms with Crippen molar-refractivity contribution >= 4 is 28.7 Å². The minimum absolute atomic E-state index is 0.0203. The van der Waals surface area contributed by atoms with E-state index >= 15 is 4.39 Å². The zero-order chi connectivity index (χ0) is 20.4. The summed E-state index contributed by atoms with van der Waals surface area (Å²) in [5.41, 5.74) is 5.72. The van der Waals surface area contributed by atoms with Crippen LogP contribution in [0.5, 0.6) is 0 Å². The van der Waals surface area contributed by atoms with Gasteiger partial charge >= 0.3 is 12.0 Å². The van der Waals surface area contributed by atoms with Gasteiger partial charge < -0.3 is 15.2 Å². The summed E-state index contributed by atoms with van der Waals surface area (Å²) < 4.78 is 40.8. The van der Waals surface area contributed by atoms with Crippen molar-refractivity contribution in [2.75, 3.05) is 5.73 Å². The zero-order valence-corrected chi connectivity index (χ0v) is 15.5. The number of ketones is 1. The molecule has 2 aromatic heterocycles. The van der Waals surface area contributed by atoms with E-state index in [2.05, 4.69) is 15.0 Å². The van der Waals surface area contributed by atoms with Crippen LogP contribution in [-0.4, -0.2) is 49.7 Å². The Balaban J connectivity index is 1.80. The Bertz CT molecular complexity index is 890. The number of carbonyl (C=O) groups is 2. The molecule has 0 saturated carbocycles. The molecule has 0 bridgehead atoms. The van der Waals surface area contributed by atoms with Crippen LogP contribution in [0.25, 0.3) is 11.2 Å². The second kappa shape index (κ2) is 8.13. The van der Waals surface area contributed by atoms with Crippen molar-refractivity contribution in [1.29, 1.82) is 0 Å². The molecule has 2 aromatic rings. The summed E-state index contributed by atoms with van der Waals surface area (Å²) in [6.45, 7) is 3.45. The van der Waals surface area contributed by atoms with Gasteiger partial charge in [-0.3, -0.25) is 14.2 Å². The predicted molar refractivity (Wildman–Crippen MR) is 93.2 cm³/mol. The van der Waals surface area contributed by atoms with Crippen LogP contribution < -0.4 is 5.73 Å². The molecule has 0 spiro atoms. The first-order valence-electron chi connectivity index (χ1n) is 9.01. The molecule has 3 rings (SSSR count). The minimum atomic E-state index is -1.74. The number of halogens is 2. The van der Waals surface area contributed by atoms with Crippen molar-refractivity contribution < 1.29 is 27.8 Å². The summed E-state index contributed by atoms with van der Waals surface area (Å²) in [5.74, 6) is -0.930. The van der Waals surface area contributed by atoms with Crippen molar-refractivity contribution in [2.24, 2.45) is 0 Å². The van der Waals surface area contributed by atoms with Crippen LogP contribution in [0.3, 0.4) is 0 Å². The molecule has 0 aromatic carbocycles. The molecule has 9 nitrogen and oxygen atoms in total.